The summed E-state index contributed by atoms with van der Waals surface area (Å²) in [6.45, 7) is 5.99. The molecule has 21 heavy (non-hydrogen) atoms. The summed E-state index contributed by atoms with van der Waals surface area (Å²) in [5, 5.41) is 7.31. The van der Waals surface area contributed by atoms with Crippen molar-refractivity contribution in [3.63, 3.8) is 0 Å². The molecule has 0 radical (unpaired) electrons. The van der Waals surface area contributed by atoms with Gasteiger partial charge in [0.15, 0.2) is 0 Å². The summed E-state index contributed by atoms with van der Waals surface area (Å²) in [5.74, 6) is 0. The maximum Gasteiger partial charge on any atom is 0.317 e. The lowest BCUT2D eigenvalue weighted by Crippen LogP contribution is -2.52. The largest absolute Gasteiger partial charge is 0.376 e. The Hall–Kier alpha value is -1.11. The van der Waals surface area contributed by atoms with Crippen molar-refractivity contribution in [1.29, 1.82) is 0 Å². The van der Waals surface area contributed by atoms with E-state index in [1.807, 2.05) is 4.90 Å². The number of nitrogens with one attached hydrogen (secondary N) is 1. The Bertz CT molecular complexity index is 438. The second kappa shape index (κ2) is 7.24. The number of piperazine rings is 1. The summed E-state index contributed by atoms with van der Waals surface area (Å²) in [6, 6.07) is 2.23. The van der Waals surface area contributed by atoms with Gasteiger partial charge in [-0.3, -0.25) is 4.90 Å². The van der Waals surface area contributed by atoms with E-state index in [0.717, 1.165) is 52.2 Å². The van der Waals surface area contributed by atoms with Gasteiger partial charge in [-0.05, 0) is 35.2 Å². The van der Waals surface area contributed by atoms with Gasteiger partial charge in [0.25, 0.3) is 0 Å². The molecule has 3 heterocycles. The lowest BCUT2D eigenvalue weighted by Gasteiger charge is -2.34. The normalized spacial score (nSPS) is 23.4. The molecule has 2 amide bonds. The number of amides is 2. The van der Waals surface area contributed by atoms with Crippen molar-refractivity contribution in [2.75, 3.05) is 39.3 Å². The molecule has 0 saturated carbocycles. The van der Waals surface area contributed by atoms with Crippen molar-refractivity contribution in [3.05, 3.63) is 22.4 Å². The molecule has 1 aromatic heterocycles. The van der Waals surface area contributed by atoms with E-state index in [0.29, 0.717) is 6.54 Å². The van der Waals surface area contributed by atoms with Crippen molar-refractivity contribution in [1.82, 2.24) is 15.1 Å². The Morgan fingerprint density at radius 2 is 2.24 bits per heavy atom. The summed E-state index contributed by atoms with van der Waals surface area (Å²) in [4.78, 5) is 16.4. The van der Waals surface area contributed by atoms with Gasteiger partial charge in [0.2, 0.25) is 0 Å². The zero-order chi connectivity index (χ0) is 14.5. The Balaban J connectivity index is 1.37. The third-order valence-corrected chi connectivity index (χ3v) is 4.88. The number of carbonyl (C=O) groups excluding carboxylic acids is 1. The minimum Gasteiger partial charge on any atom is -0.376 e. The molecule has 2 aliphatic heterocycles. The van der Waals surface area contributed by atoms with Crippen LogP contribution in [0.2, 0.25) is 0 Å². The van der Waals surface area contributed by atoms with Crippen LogP contribution in [-0.4, -0.2) is 61.3 Å². The van der Waals surface area contributed by atoms with Crippen LogP contribution in [0, 0.1) is 0 Å². The summed E-state index contributed by atoms with van der Waals surface area (Å²) in [5.41, 5.74) is 1.37. The molecule has 5 nitrogen and oxygen atoms in total. The monoisotopic (exact) mass is 309 g/mol. The summed E-state index contributed by atoms with van der Waals surface area (Å²) in [7, 11) is 0. The fraction of sp³-hybridized carbons (Fsp3) is 0.667. The fourth-order valence-corrected chi connectivity index (χ4v) is 3.53. The molecular weight excluding hydrogens is 286 g/mol. The molecule has 0 aromatic carbocycles. The smallest absolute Gasteiger partial charge is 0.317 e. The van der Waals surface area contributed by atoms with Crippen LogP contribution in [-0.2, 0) is 11.3 Å². The van der Waals surface area contributed by atoms with Crippen LogP contribution in [0.4, 0.5) is 4.79 Å². The topological polar surface area (TPSA) is 44.8 Å². The predicted molar refractivity (Wildman–Crippen MR) is 83.5 cm³/mol. The zero-order valence-corrected chi connectivity index (χ0v) is 13.1. The Labute approximate surface area is 129 Å². The van der Waals surface area contributed by atoms with Gasteiger partial charge in [-0.2, -0.15) is 11.3 Å². The number of nitrogens with zero attached hydrogens (tertiary/aromatic N) is 2. The van der Waals surface area contributed by atoms with E-state index in [9.17, 15) is 4.79 Å². The average Bonchev–Trinajstić information content (AvgIpc) is 3.19. The van der Waals surface area contributed by atoms with Crippen LogP contribution in [0.3, 0.4) is 0 Å². The predicted octanol–water partition coefficient (Wildman–Crippen LogP) is 1.75. The lowest BCUT2D eigenvalue weighted by atomic mass is 10.2. The molecule has 1 N–H and O–H groups in total. The van der Waals surface area contributed by atoms with Gasteiger partial charge in [0, 0.05) is 45.9 Å². The number of hydrogen-bond donors (Lipinski definition) is 1. The van der Waals surface area contributed by atoms with Crippen LogP contribution >= 0.6 is 11.3 Å². The molecule has 2 fully saturated rings. The van der Waals surface area contributed by atoms with E-state index < -0.39 is 0 Å². The third-order valence-electron chi connectivity index (χ3n) is 4.15. The van der Waals surface area contributed by atoms with Crippen molar-refractivity contribution in [2.45, 2.75) is 25.5 Å². The van der Waals surface area contributed by atoms with Crippen LogP contribution in [0.15, 0.2) is 16.8 Å². The number of ether oxygens (including phenoxy) is 1. The van der Waals surface area contributed by atoms with Crippen molar-refractivity contribution < 1.29 is 9.53 Å². The SMILES string of the molecule is O=C(NC[C@@H]1CCCO1)N1CCN(Cc2ccsc2)CC1. The molecule has 0 aliphatic carbocycles. The molecule has 2 saturated heterocycles. The molecule has 2 aliphatic rings. The molecule has 6 heteroatoms. The Kier molecular flexibility index (Phi) is 5.11. The van der Waals surface area contributed by atoms with Crippen molar-refractivity contribution in [3.8, 4) is 0 Å². The summed E-state index contributed by atoms with van der Waals surface area (Å²) < 4.78 is 5.53. The molecule has 116 valence electrons. The van der Waals surface area contributed by atoms with E-state index in [1.165, 1.54) is 5.56 Å². The highest BCUT2D eigenvalue weighted by Crippen LogP contribution is 2.13. The zero-order valence-electron chi connectivity index (χ0n) is 12.3. The number of thiophene rings is 1. The van der Waals surface area contributed by atoms with Crippen LogP contribution in [0.25, 0.3) is 0 Å². The van der Waals surface area contributed by atoms with E-state index in [4.69, 9.17) is 4.74 Å². The van der Waals surface area contributed by atoms with Crippen LogP contribution in [0.5, 0.6) is 0 Å². The molecule has 0 unspecified atom stereocenters. The van der Waals surface area contributed by atoms with Crippen molar-refractivity contribution in [2.24, 2.45) is 0 Å². The summed E-state index contributed by atoms with van der Waals surface area (Å²) >= 11 is 1.74. The van der Waals surface area contributed by atoms with Gasteiger partial charge in [-0.1, -0.05) is 0 Å². The maximum absolute atomic E-state index is 12.1. The number of urea groups is 1. The molecule has 1 atom stereocenters. The molecule has 0 bridgehead atoms. The number of hydrogen-bond acceptors (Lipinski definition) is 4. The fourth-order valence-electron chi connectivity index (χ4n) is 2.87. The highest BCUT2D eigenvalue weighted by Gasteiger charge is 2.22. The Morgan fingerprint density at radius 3 is 2.90 bits per heavy atom. The average molecular weight is 309 g/mol. The first-order valence-electron chi connectivity index (χ1n) is 7.69. The molecule has 0 spiro atoms. The van der Waals surface area contributed by atoms with E-state index >= 15 is 0 Å². The van der Waals surface area contributed by atoms with E-state index in [1.54, 1.807) is 11.3 Å². The van der Waals surface area contributed by atoms with Gasteiger partial charge >= 0.3 is 6.03 Å². The van der Waals surface area contributed by atoms with Crippen LogP contribution in [0.1, 0.15) is 18.4 Å². The van der Waals surface area contributed by atoms with Gasteiger partial charge in [-0.15, -0.1) is 0 Å². The van der Waals surface area contributed by atoms with Gasteiger partial charge in [0.05, 0.1) is 6.10 Å². The highest BCUT2D eigenvalue weighted by molar-refractivity contribution is 7.07. The first-order chi connectivity index (χ1) is 10.3. The minimum atomic E-state index is 0.0562. The quantitative estimate of drug-likeness (QED) is 0.922. The maximum atomic E-state index is 12.1. The van der Waals surface area contributed by atoms with Gasteiger partial charge in [-0.25, -0.2) is 4.79 Å². The minimum absolute atomic E-state index is 0.0562. The number of carbonyl (C=O) groups is 1. The lowest BCUT2D eigenvalue weighted by molar-refractivity contribution is 0.104. The van der Waals surface area contributed by atoms with Gasteiger partial charge in [0.1, 0.15) is 0 Å². The molecule has 3 rings (SSSR count). The third kappa shape index (κ3) is 4.18. The Morgan fingerprint density at radius 1 is 1.38 bits per heavy atom. The first-order valence-corrected chi connectivity index (χ1v) is 8.63. The van der Waals surface area contributed by atoms with Gasteiger partial charge < -0.3 is 15.0 Å². The van der Waals surface area contributed by atoms with E-state index in [2.05, 4.69) is 27.0 Å². The summed E-state index contributed by atoms with van der Waals surface area (Å²) in [6.07, 6.45) is 2.39. The first kappa shape index (κ1) is 14.8. The number of rotatable bonds is 4. The van der Waals surface area contributed by atoms with E-state index in [-0.39, 0.29) is 12.1 Å². The standard InChI is InChI=1S/C15H23N3O2S/c19-15(16-10-14-2-1-8-20-14)18-6-4-17(5-7-18)11-13-3-9-21-12-13/h3,9,12,14H,1-2,4-8,10-11H2,(H,16,19)/t14-/m0/s1. The molecular formula is C15H23N3O2S. The van der Waals surface area contributed by atoms with Crippen LogP contribution < -0.4 is 5.32 Å². The molecule has 1 aromatic rings. The van der Waals surface area contributed by atoms with Crippen molar-refractivity contribution >= 4 is 17.4 Å². The highest BCUT2D eigenvalue weighted by atomic mass is 32.1. The second-order valence-electron chi connectivity index (χ2n) is 5.72. The second-order valence-corrected chi connectivity index (χ2v) is 6.50.